The van der Waals surface area contributed by atoms with Gasteiger partial charge in [-0.2, -0.15) is 13.2 Å². The minimum Gasteiger partial charge on any atom is -0.329 e. The zero-order chi connectivity index (χ0) is 11.8. The minimum atomic E-state index is -4.43. The van der Waals surface area contributed by atoms with Gasteiger partial charge in [0.05, 0.1) is 6.54 Å². The van der Waals surface area contributed by atoms with Crippen LogP contribution in [0.2, 0.25) is 0 Å². The summed E-state index contributed by atoms with van der Waals surface area (Å²) < 4.78 is 38.6. The summed E-state index contributed by atoms with van der Waals surface area (Å²) in [6.45, 7) is 2.33. The fraction of sp³-hybridized carbons (Fsp3) is 0.750. The molecule has 0 atom stereocenters. The van der Waals surface area contributed by atoms with E-state index in [1.54, 1.807) is 0 Å². The first-order valence-electron chi connectivity index (χ1n) is 4.94. The fourth-order valence-corrected chi connectivity index (χ4v) is 1.79. The van der Waals surface area contributed by atoms with Crippen LogP contribution in [0.5, 0.6) is 0 Å². The maximum atomic E-state index is 12.5. The molecule has 0 saturated heterocycles. The van der Waals surface area contributed by atoms with Crippen LogP contribution in [-0.2, 0) is 19.3 Å². The van der Waals surface area contributed by atoms with E-state index in [1.165, 1.54) is 0 Å². The summed E-state index contributed by atoms with van der Waals surface area (Å²) in [7, 11) is 0. The summed E-state index contributed by atoms with van der Waals surface area (Å²) in [5.41, 5.74) is 5.39. The van der Waals surface area contributed by atoms with Crippen LogP contribution in [0.4, 0.5) is 13.2 Å². The van der Waals surface area contributed by atoms with Gasteiger partial charge in [0.2, 0.25) is 5.82 Å². The van der Waals surface area contributed by atoms with Crippen molar-refractivity contribution in [3.05, 3.63) is 11.6 Å². The van der Waals surface area contributed by atoms with Crippen molar-refractivity contribution in [2.45, 2.75) is 19.3 Å². The average molecular weight is 272 g/mol. The molecule has 0 amide bonds. The van der Waals surface area contributed by atoms with Gasteiger partial charge < -0.3 is 10.3 Å². The molecule has 0 bridgehead atoms. The van der Waals surface area contributed by atoms with Crippen LogP contribution in [0.3, 0.4) is 0 Å². The Morgan fingerprint density at radius 3 is 2.53 bits per heavy atom. The molecule has 1 aliphatic heterocycles. The van der Waals surface area contributed by atoms with E-state index in [1.807, 2.05) is 4.90 Å². The molecule has 0 spiro atoms. The zero-order valence-corrected chi connectivity index (χ0v) is 9.76. The molecule has 0 saturated carbocycles. The lowest BCUT2D eigenvalue weighted by Crippen LogP contribution is -2.38. The molecule has 17 heavy (non-hydrogen) atoms. The molecule has 0 aliphatic carbocycles. The quantitative estimate of drug-likeness (QED) is 0.851. The van der Waals surface area contributed by atoms with E-state index in [9.17, 15) is 13.2 Å². The van der Waals surface area contributed by atoms with Crippen LogP contribution in [0.25, 0.3) is 0 Å². The summed E-state index contributed by atoms with van der Waals surface area (Å²) in [6, 6.07) is 0. The third-order valence-corrected chi connectivity index (χ3v) is 2.53. The monoisotopic (exact) mass is 271 g/mol. The Balaban J connectivity index is 0.00000144. The topological polar surface area (TPSA) is 60.0 Å². The van der Waals surface area contributed by atoms with Crippen LogP contribution < -0.4 is 5.73 Å². The van der Waals surface area contributed by atoms with E-state index < -0.39 is 12.0 Å². The number of aromatic nitrogens is 3. The number of alkyl halides is 3. The van der Waals surface area contributed by atoms with Crippen LogP contribution >= 0.6 is 12.4 Å². The molecule has 98 valence electrons. The summed E-state index contributed by atoms with van der Waals surface area (Å²) in [5, 5.41) is 6.76. The molecule has 0 radical (unpaired) electrons. The highest BCUT2D eigenvalue weighted by Gasteiger charge is 2.39. The van der Waals surface area contributed by atoms with E-state index >= 15 is 0 Å². The number of rotatable bonds is 2. The number of nitrogens with zero attached hydrogens (tertiary/aromatic N) is 4. The Bertz CT molecular complexity index is 378. The average Bonchev–Trinajstić information content (AvgIpc) is 2.60. The van der Waals surface area contributed by atoms with Gasteiger partial charge in [-0.1, -0.05) is 0 Å². The van der Waals surface area contributed by atoms with Gasteiger partial charge in [-0.3, -0.25) is 4.90 Å². The molecule has 0 aromatic carbocycles. The lowest BCUT2D eigenvalue weighted by atomic mass is 10.3. The highest BCUT2D eigenvalue weighted by molar-refractivity contribution is 5.85. The smallest absolute Gasteiger partial charge is 0.329 e. The van der Waals surface area contributed by atoms with Gasteiger partial charge in [0.1, 0.15) is 5.82 Å². The third-order valence-electron chi connectivity index (χ3n) is 2.53. The molecular weight excluding hydrogens is 259 g/mol. The number of hydrogen-bond acceptors (Lipinski definition) is 4. The van der Waals surface area contributed by atoms with Crippen LogP contribution in [0.15, 0.2) is 0 Å². The Morgan fingerprint density at radius 1 is 1.24 bits per heavy atom. The molecule has 2 heterocycles. The lowest BCUT2D eigenvalue weighted by molar-refractivity contribution is -0.148. The van der Waals surface area contributed by atoms with Crippen molar-refractivity contribution < 1.29 is 13.2 Å². The van der Waals surface area contributed by atoms with E-state index in [0.29, 0.717) is 32.0 Å². The van der Waals surface area contributed by atoms with E-state index in [-0.39, 0.29) is 19.0 Å². The van der Waals surface area contributed by atoms with E-state index in [2.05, 4.69) is 10.2 Å². The molecular formula is C8H13ClF3N5. The van der Waals surface area contributed by atoms with Crippen molar-refractivity contribution in [2.24, 2.45) is 5.73 Å². The van der Waals surface area contributed by atoms with E-state index in [4.69, 9.17) is 5.73 Å². The fourth-order valence-electron chi connectivity index (χ4n) is 1.79. The zero-order valence-electron chi connectivity index (χ0n) is 8.94. The van der Waals surface area contributed by atoms with Gasteiger partial charge in [-0.25, -0.2) is 0 Å². The molecule has 1 aliphatic rings. The molecule has 1 aromatic rings. The number of nitrogens with two attached hydrogens (primary N) is 1. The number of fused-ring (bicyclic) bond motifs is 1. The predicted molar refractivity (Wildman–Crippen MR) is 56.6 cm³/mol. The first kappa shape index (κ1) is 14.2. The van der Waals surface area contributed by atoms with Crippen molar-refractivity contribution in [1.82, 2.24) is 19.7 Å². The first-order chi connectivity index (χ1) is 7.52. The molecule has 2 N–H and O–H groups in total. The second-order valence-corrected chi connectivity index (χ2v) is 3.65. The van der Waals surface area contributed by atoms with Crippen molar-refractivity contribution >= 4 is 12.4 Å². The molecule has 0 fully saturated rings. The molecule has 1 aromatic heterocycles. The van der Waals surface area contributed by atoms with Gasteiger partial charge in [0.25, 0.3) is 0 Å². The first-order valence-corrected chi connectivity index (χ1v) is 4.94. The Kier molecular flexibility index (Phi) is 4.34. The minimum absolute atomic E-state index is 0. The highest BCUT2D eigenvalue weighted by atomic mass is 35.5. The van der Waals surface area contributed by atoms with Crippen molar-refractivity contribution in [1.29, 1.82) is 0 Å². The Morgan fingerprint density at radius 2 is 1.94 bits per heavy atom. The number of hydrogen-bond donors (Lipinski definition) is 1. The normalized spacial score (nSPS) is 16.5. The molecule has 9 heteroatoms. The van der Waals surface area contributed by atoms with Crippen LogP contribution in [-0.4, -0.2) is 39.3 Å². The maximum Gasteiger partial charge on any atom is 0.451 e. The molecule has 5 nitrogen and oxygen atoms in total. The maximum absolute atomic E-state index is 12.5. The van der Waals surface area contributed by atoms with Gasteiger partial charge in [0.15, 0.2) is 0 Å². The van der Waals surface area contributed by atoms with E-state index in [0.717, 1.165) is 4.57 Å². The second-order valence-electron chi connectivity index (χ2n) is 3.65. The summed E-state index contributed by atoms with van der Waals surface area (Å²) >= 11 is 0. The Hall–Kier alpha value is -0.860. The van der Waals surface area contributed by atoms with Gasteiger partial charge in [0, 0.05) is 26.2 Å². The standard InChI is InChI=1S/C8H12F3N5.ClH/c9-8(10,11)7-14-13-6-5-15(2-1-12)3-4-16(6)7;/h1-5,12H2;1H. The second kappa shape index (κ2) is 5.19. The van der Waals surface area contributed by atoms with Crippen LogP contribution in [0.1, 0.15) is 11.6 Å². The largest absolute Gasteiger partial charge is 0.451 e. The van der Waals surface area contributed by atoms with Crippen LogP contribution in [0, 0.1) is 0 Å². The molecule has 0 unspecified atom stereocenters. The summed E-state index contributed by atoms with van der Waals surface area (Å²) in [5.74, 6) is -0.554. The summed E-state index contributed by atoms with van der Waals surface area (Å²) in [4.78, 5) is 1.96. The predicted octanol–water partition coefficient (Wildman–Crippen LogP) is 0.493. The molecule has 2 rings (SSSR count). The Labute approximate surface area is 102 Å². The van der Waals surface area contributed by atoms with Gasteiger partial charge in [-0.05, 0) is 0 Å². The summed E-state index contributed by atoms with van der Waals surface area (Å²) in [6.07, 6.45) is -4.43. The van der Waals surface area contributed by atoms with Crippen molar-refractivity contribution in [3.8, 4) is 0 Å². The van der Waals surface area contributed by atoms with Gasteiger partial charge in [-0.15, -0.1) is 22.6 Å². The van der Waals surface area contributed by atoms with Gasteiger partial charge >= 0.3 is 6.18 Å². The SMILES string of the molecule is Cl.NCCN1CCn2c(nnc2C(F)(F)F)C1. The van der Waals surface area contributed by atoms with Crippen molar-refractivity contribution in [3.63, 3.8) is 0 Å². The third kappa shape index (κ3) is 2.88. The van der Waals surface area contributed by atoms with Crippen molar-refractivity contribution in [2.75, 3.05) is 19.6 Å². The highest BCUT2D eigenvalue weighted by Crippen LogP contribution is 2.29. The lowest BCUT2D eigenvalue weighted by Gasteiger charge is -2.27. The number of halogens is 4.